The Morgan fingerprint density at radius 3 is 2.45 bits per heavy atom. The molecule has 1 atom stereocenters. The normalized spacial score (nSPS) is 28.8. The van der Waals surface area contributed by atoms with Gasteiger partial charge in [0.05, 0.1) is 0 Å². The first-order valence-corrected chi connectivity index (χ1v) is 12.7. The number of carbonyl (C=O) groups excluding carboxylic acids is 1. The Hall–Kier alpha value is -2.11. The molecule has 2 aromatic rings. The molecular weight excluding hydrogens is 452 g/mol. The number of hydrogen-bond acceptors (Lipinski definition) is 3. The summed E-state index contributed by atoms with van der Waals surface area (Å²) in [4.78, 5) is 12.4. The predicted molar refractivity (Wildman–Crippen MR) is 137 cm³/mol. The standard InChI is InChI=1S/C27H31ClN2O2S/c1-16-3-4-21(12-23(16)28)24-7-5-22(32-24)6-8-25(31)30-26(33)29-17(2)27-13-18-9-19(14-27)11-20(10-18)15-27/h3-8,12,17-20H,9-11,13-15H2,1-2H3,(H2,29,30,31,33)/b8-6+/t17-,18?,19?,20?,27?/m1/s1. The summed E-state index contributed by atoms with van der Waals surface area (Å²) < 4.78 is 5.85. The van der Waals surface area contributed by atoms with Crippen molar-refractivity contribution in [3.63, 3.8) is 0 Å². The lowest BCUT2D eigenvalue weighted by molar-refractivity contribution is -0.115. The highest BCUT2D eigenvalue weighted by Crippen LogP contribution is 2.61. The van der Waals surface area contributed by atoms with Crippen molar-refractivity contribution in [3.8, 4) is 11.3 Å². The number of thiocarbonyl (C=S) groups is 1. The van der Waals surface area contributed by atoms with Crippen LogP contribution in [0.25, 0.3) is 17.4 Å². The van der Waals surface area contributed by atoms with E-state index in [-0.39, 0.29) is 11.9 Å². The van der Waals surface area contributed by atoms with Gasteiger partial charge in [-0.15, -0.1) is 0 Å². The van der Waals surface area contributed by atoms with Gasteiger partial charge in [0.1, 0.15) is 11.5 Å². The molecule has 1 aromatic carbocycles. The molecule has 4 bridgehead atoms. The average Bonchev–Trinajstić information content (AvgIpc) is 3.22. The smallest absolute Gasteiger partial charge is 0.250 e. The van der Waals surface area contributed by atoms with Crippen LogP contribution in [0, 0.1) is 30.1 Å². The maximum atomic E-state index is 12.4. The summed E-state index contributed by atoms with van der Waals surface area (Å²) in [6.45, 7) is 4.20. The van der Waals surface area contributed by atoms with Crippen LogP contribution in [-0.2, 0) is 4.79 Å². The van der Waals surface area contributed by atoms with E-state index in [2.05, 4.69) is 17.6 Å². The quantitative estimate of drug-likeness (QED) is 0.376. The molecule has 4 aliphatic carbocycles. The van der Waals surface area contributed by atoms with Crippen molar-refractivity contribution >= 4 is 40.9 Å². The van der Waals surface area contributed by atoms with Gasteiger partial charge >= 0.3 is 0 Å². The molecule has 6 rings (SSSR count). The van der Waals surface area contributed by atoms with Gasteiger partial charge < -0.3 is 9.73 Å². The highest BCUT2D eigenvalue weighted by atomic mass is 35.5. The molecule has 1 amide bonds. The second-order valence-corrected chi connectivity index (χ2v) is 11.3. The Bertz CT molecular complexity index is 1070. The van der Waals surface area contributed by atoms with E-state index in [4.69, 9.17) is 28.2 Å². The van der Waals surface area contributed by atoms with Crippen LogP contribution in [0.5, 0.6) is 0 Å². The fourth-order valence-corrected chi connectivity index (χ4v) is 7.21. The highest BCUT2D eigenvalue weighted by molar-refractivity contribution is 7.80. The van der Waals surface area contributed by atoms with Gasteiger partial charge in [0.25, 0.3) is 0 Å². The zero-order chi connectivity index (χ0) is 23.2. The van der Waals surface area contributed by atoms with Crippen molar-refractivity contribution in [2.24, 2.45) is 23.2 Å². The third-order valence-corrected chi connectivity index (χ3v) is 8.70. The minimum Gasteiger partial charge on any atom is -0.457 e. The van der Waals surface area contributed by atoms with E-state index in [0.717, 1.165) is 28.9 Å². The molecule has 1 heterocycles. The lowest BCUT2D eigenvalue weighted by atomic mass is 9.48. The molecule has 4 nitrogen and oxygen atoms in total. The summed E-state index contributed by atoms with van der Waals surface area (Å²) in [7, 11) is 0. The molecule has 4 saturated carbocycles. The first-order valence-electron chi connectivity index (χ1n) is 12.0. The zero-order valence-electron chi connectivity index (χ0n) is 19.2. The Balaban J connectivity index is 1.15. The van der Waals surface area contributed by atoms with Gasteiger partial charge in [-0.2, -0.15) is 0 Å². The van der Waals surface area contributed by atoms with Crippen molar-refractivity contribution in [2.45, 2.75) is 58.4 Å². The zero-order valence-corrected chi connectivity index (χ0v) is 20.8. The maximum absolute atomic E-state index is 12.4. The lowest BCUT2D eigenvalue weighted by Crippen LogP contribution is -2.57. The number of nitrogens with one attached hydrogen (secondary N) is 2. The van der Waals surface area contributed by atoms with E-state index >= 15 is 0 Å². The number of halogens is 1. The van der Waals surface area contributed by atoms with Gasteiger partial charge in [0.2, 0.25) is 5.91 Å². The van der Waals surface area contributed by atoms with Crippen LogP contribution in [0.3, 0.4) is 0 Å². The molecule has 4 aliphatic rings. The van der Waals surface area contributed by atoms with Crippen LogP contribution in [0.15, 0.2) is 40.8 Å². The van der Waals surface area contributed by atoms with Crippen LogP contribution in [0.1, 0.15) is 56.8 Å². The van der Waals surface area contributed by atoms with Crippen molar-refractivity contribution in [1.82, 2.24) is 10.6 Å². The largest absolute Gasteiger partial charge is 0.457 e. The van der Waals surface area contributed by atoms with E-state index in [0.29, 0.717) is 27.1 Å². The molecule has 0 radical (unpaired) electrons. The van der Waals surface area contributed by atoms with Crippen molar-refractivity contribution in [2.75, 3.05) is 0 Å². The monoisotopic (exact) mass is 482 g/mol. The number of amides is 1. The SMILES string of the molecule is Cc1ccc(-c2ccc(/C=C/C(=O)NC(=S)N[C@H](C)C34CC5CC(CC(C5)C3)C4)o2)cc1Cl. The van der Waals surface area contributed by atoms with Crippen molar-refractivity contribution < 1.29 is 9.21 Å². The topological polar surface area (TPSA) is 54.3 Å². The average molecular weight is 483 g/mol. The fourth-order valence-electron chi connectivity index (χ4n) is 6.75. The summed E-state index contributed by atoms with van der Waals surface area (Å²) >= 11 is 11.7. The molecule has 0 aliphatic heterocycles. The molecule has 1 aromatic heterocycles. The number of aryl methyl sites for hydroxylation is 1. The number of benzene rings is 1. The second-order valence-electron chi connectivity index (χ2n) is 10.5. The first kappa shape index (κ1) is 22.7. The van der Waals surface area contributed by atoms with Gasteiger partial charge in [0.15, 0.2) is 5.11 Å². The van der Waals surface area contributed by atoms with Crippen molar-refractivity contribution in [1.29, 1.82) is 0 Å². The molecule has 0 saturated heterocycles. The van der Waals surface area contributed by atoms with Crippen LogP contribution >= 0.6 is 23.8 Å². The van der Waals surface area contributed by atoms with E-state index in [1.54, 1.807) is 6.08 Å². The van der Waals surface area contributed by atoms with E-state index in [1.165, 1.54) is 44.6 Å². The predicted octanol–water partition coefficient (Wildman–Crippen LogP) is 6.52. The summed E-state index contributed by atoms with van der Waals surface area (Å²) in [6.07, 6.45) is 11.3. The summed E-state index contributed by atoms with van der Waals surface area (Å²) in [5.41, 5.74) is 2.26. The lowest BCUT2D eigenvalue weighted by Gasteiger charge is -2.59. The Labute approximate surface area is 206 Å². The summed E-state index contributed by atoms with van der Waals surface area (Å²) in [5.74, 6) is 3.71. The third kappa shape index (κ3) is 4.76. The summed E-state index contributed by atoms with van der Waals surface area (Å²) in [5, 5.41) is 7.34. The number of carbonyl (C=O) groups is 1. The fraction of sp³-hybridized carbons (Fsp3) is 0.481. The number of furan rings is 1. The van der Waals surface area contributed by atoms with Crippen LogP contribution in [-0.4, -0.2) is 17.1 Å². The van der Waals surface area contributed by atoms with Crippen LogP contribution in [0.2, 0.25) is 5.02 Å². The third-order valence-electron chi connectivity index (χ3n) is 8.07. The minimum absolute atomic E-state index is 0.262. The van der Waals surface area contributed by atoms with E-state index < -0.39 is 0 Å². The van der Waals surface area contributed by atoms with Gasteiger partial charge in [-0.1, -0.05) is 23.7 Å². The van der Waals surface area contributed by atoms with Gasteiger partial charge in [0, 0.05) is 22.7 Å². The summed E-state index contributed by atoms with van der Waals surface area (Å²) in [6, 6.07) is 9.79. The van der Waals surface area contributed by atoms with Gasteiger partial charge in [-0.25, -0.2) is 0 Å². The second kappa shape index (κ2) is 8.92. The molecule has 174 valence electrons. The Morgan fingerprint density at radius 1 is 1.15 bits per heavy atom. The molecular formula is C27H31ClN2O2S. The van der Waals surface area contributed by atoms with E-state index in [9.17, 15) is 4.79 Å². The van der Waals surface area contributed by atoms with E-state index in [1.807, 2.05) is 37.3 Å². The molecule has 33 heavy (non-hydrogen) atoms. The van der Waals surface area contributed by atoms with Gasteiger partial charge in [-0.05, 0) is 118 Å². The Morgan fingerprint density at radius 2 is 1.82 bits per heavy atom. The number of rotatable bonds is 5. The molecule has 0 spiro atoms. The van der Waals surface area contributed by atoms with Crippen molar-refractivity contribution in [3.05, 3.63) is 52.8 Å². The molecule has 6 heteroatoms. The molecule has 2 N–H and O–H groups in total. The minimum atomic E-state index is -0.262. The first-order chi connectivity index (χ1) is 15.8. The maximum Gasteiger partial charge on any atom is 0.250 e. The highest BCUT2D eigenvalue weighted by Gasteiger charge is 2.53. The molecule has 4 fully saturated rings. The van der Waals surface area contributed by atoms with Gasteiger partial charge in [-0.3, -0.25) is 10.1 Å². The Kier molecular flexibility index (Phi) is 6.13. The number of hydrogen-bond donors (Lipinski definition) is 2. The van der Waals surface area contributed by atoms with Crippen LogP contribution < -0.4 is 10.6 Å². The molecule has 0 unspecified atom stereocenters. The van der Waals surface area contributed by atoms with Crippen LogP contribution in [0.4, 0.5) is 0 Å².